The number of sulfonamides is 1. The summed E-state index contributed by atoms with van der Waals surface area (Å²) in [5.74, 6) is 0.535. The largest absolute Gasteiger partial charge is 0.457 e. The van der Waals surface area contributed by atoms with E-state index in [4.69, 9.17) is 4.74 Å². The average Bonchev–Trinajstić information content (AvgIpc) is 2.89. The maximum Gasteiger partial charge on any atom is 0.322 e. The minimum Gasteiger partial charge on any atom is -0.457 e. The zero-order chi connectivity index (χ0) is 19.7. The van der Waals surface area contributed by atoms with Gasteiger partial charge in [0.15, 0.2) is 0 Å². The van der Waals surface area contributed by atoms with Crippen molar-refractivity contribution in [3.05, 3.63) is 54.6 Å². The van der Waals surface area contributed by atoms with Crippen LogP contribution in [0.4, 0.5) is 4.79 Å². The van der Waals surface area contributed by atoms with Gasteiger partial charge in [0.25, 0.3) is 5.91 Å². The molecule has 1 heterocycles. The number of hydrogen-bond acceptors (Lipinski definition) is 5. The Balaban J connectivity index is 1.73. The second kappa shape index (κ2) is 7.01. The van der Waals surface area contributed by atoms with Gasteiger partial charge in [-0.25, -0.2) is 17.9 Å². The number of rotatable bonds is 6. The molecule has 2 aromatic carbocycles. The molecule has 0 aliphatic carbocycles. The quantitative estimate of drug-likeness (QED) is 0.651. The molecule has 3 amide bonds. The maximum atomic E-state index is 12.6. The Morgan fingerprint density at radius 2 is 1.59 bits per heavy atom. The molecule has 3 N–H and O–H groups in total. The molecule has 9 heteroatoms. The van der Waals surface area contributed by atoms with Crippen LogP contribution in [0.1, 0.15) is 13.8 Å². The number of carbonyl (C=O) groups excluding carboxylic acids is 2. The van der Waals surface area contributed by atoms with Crippen molar-refractivity contribution in [2.75, 3.05) is 0 Å². The molecule has 0 unspecified atom stereocenters. The van der Waals surface area contributed by atoms with Gasteiger partial charge in [0.05, 0.1) is 10.9 Å². The molecule has 2 atom stereocenters. The van der Waals surface area contributed by atoms with Crippen LogP contribution in [0.15, 0.2) is 59.5 Å². The average molecular weight is 389 g/mol. The number of ether oxygens (including phenoxy) is 1. The standard InChI is InChI=1S/C18H19N3O5S/c1-12(18(2)16(22)19-17(23)20-18)21-27(24,25)15-10-8-14(9-11-15)26-13-6-4-3-5-7-13/h3-12,21H,1-2H3,(H2,19,20,22,23)/t12-,18+/m1/s1. The highest BCUT2D eigenvalue weighted by Gasteiger charge is 2.47. The van der Waals surface area contributed by atoms with Crippen molar-refractivity contribution < 1.29 is 22.7 Å². The molecule has 1 aliphatic heterocycles. The third-order valence-electron chi connectivity index (χ3n) is 4.38. The van der Waals surface area contributed by atoms with Crippen LogP contribution < -0.4 is 20.1 Å². The summed E-state index contributed by atoms with van der Waals surface area (Å²) in [7, 11) is -3.90. The Bertz CT molecular complexity index is 960. The van der Waals surface area contributed by atoms with Crippen molar-refractivity contribution in [1.82, 2.24) is 15.4 Å². The molecule has 0 spiro atoms. The molecular weight excluding hydrogens is 370 g/mol. The second-order valence-corrected chi connectivity index (χ2v) is 8.05. The summed E-state index contributed by atoms with van der Waals surface area (Å²) >= 11 is 0. The predicted octanol–water partition coefficient (Wildman–Crippen LogP) is 1.74. The van der Waals surface area contributed by atoms with E-state index in [9.17, 15) is 18.0 Å². The Kier molecular flexibility index (Phi) is 4.90. The molecule has 3 rings (SSSR count). The maximum absolute atomic E-state index is 12.6. The van der Waals surface area contributed by atoms with Gasteiger partial charge >= 0.3 is 6.03 Å². The van der Waals surface area contributed by atoms with Crippen molar-refractivity contribution in [3.63, 3.8) is 0 Å². The summed E-state index contributed by atoms with van der Waals surface area (Å²) < 4.78 is 33.3. The van der Waals surface area contributed by atoms with E-state index < -0.39 is 33.5 Å². The van der Waals surface area contributed by atoms with E-state index in [0.717, 1.165) is 0 Å². The fourth-order valence-corrected chi connectivity index (χ4v) is 3.92. The first kappa shape index (κ1) is 18.9. The lowest BCUT2D eigenvalue weighted by molar-refractivity contribution is -0.124. The predicted molar refractivity (Wildman–Crippen MR) is 97.8 cm³/mol. The van der Waals surface area contributed by atoms with Crippen molar-refractivity contribution in [2.45, 2.75) is 30.3 Å². The molecule has 0 radical (unpaired) electrons. The highest BCUT2D eigenvalue weighted by molar-refractivity contribution is 7.89. The number of carbonyl (C=O) groups is 2. The van der Waals surface area contributed by atoms with E-state index in [-0.39, 0.29) is 4.90 Å². The van der Waals surface area contributed by atoms with Gasteiger partial charge in [-0.3, -0.25) is 10.1 Å². The minimum absolute atomic E-state index is 0.0168. The minimum atomic E-state index is -3.90. The molecule has 0 saturated carbocycles. The van der Waals surface area contributed by atoms with E-state index in [1.165, 1.54) is 38.1 Å². The lowest BCUT2D eigenvalue weighted by atomic mass is 9.95. The van der Waals surface area contributed by atoms with Gasteiger partial charge < -0.3 is 10.1 Å². The smallest absolute Gasteiger partial charge is 0.322 e. The molecule has 1 aliphatic rings. The summed E-state index contributed by atoms with van der Waals surface area (Å²) in [5.41, 5.74) is -1.37. The van der Waals surface area contributed by atoms with Crippen molar-refractivity contribution in [1.29, 1.82) is 0 Å². The first-order chi connectivity index (χ1) is 12.7. The Morgan fingerprint density at radius 1 is 1.00 bits per heavy atom. The van der Waals surface area contributed by atoms with E-state index in [1.807, 2.05) is 18.2 Å². The summed E-state index contributed by atoms with van der Waals surface area (Å²) in [6.45, 7) is 2.97. The van der Waals surface area contributed by atoms with Crippen molar-refractivity contribution in [2.24, 2.45) is 0 Å². The van der Waals surface area contributed by atoms with Crippen molar-refractivity contribution >= 4 is 22.0 Å². The molecule has 27 heavy (non-hydrogen) atoms. The van der Waals surface area contributed by atoms with Crippen LogP contribution in [-0.2, 0) is 14.8 Å². The second-order valence-electron chi connectivity index (χ2n) is 6.34. The number of para-hydroxylation sites is 1. The van der Waals surface area contributed by atoms with Gasteiger partial charge in [0, 0.05) is 0 Å². The van der Waals surface area contributed by atoms with Gasteiger partial charge in [-0.15, -0.1) is 0 Å². The highest BCUT2D eigenvalue weighted by Crippen LogP contribution is 2.23. The van der Waals surface area contributed by atoms with Gasteiger partial charge in [-0.2, -0.15) is 0 Å². The normalized spacial score (nSPS) is 20.7. The summed E-state index contributed by atoms with van der Waals surface area (Å²) in [6, 6.07) is 13.5. The molecule has 0 aromatic heterocycles. The van der Waals surface area contributed by atoms with E-state index in [1.54, 1.807) is 12.1 Å². The fourth-order valence-electron chi connectivity index (χ4n) is 2.59. The third-order valence-corrected chi connectivity index (χ3v) is 5.94. The summed E-state index contributed by atoms with van der Waals surface area (Å²) in [4.78, 5) is 23.3. The van der Waals surface area contributed by atoms with Gasteiger partial charge in [-0.1, -0.05) is 18.2 Å². The number of amides is 3. The topological polar surface area (TPSA) is 114 Å². The lowest BCUT2D eigenvalue weighted by Crippen LogP contribution is -2.59. The Morgan fingerprint density at radius 3 is 2.15 bits per heavy atom. The van der Waals surface area contributed by atoms with E-state index >= 15 is 0 Å². The molecule has 142 valence electrons. The number of urea groups is 1. The van der Waals surface area contributed by atoms with E-state index in [2.05, 4.69) is 15.4 Å². The fraction of sp³-hybridized carbons (Fsp3) is 0.222. The molecule has 0 bridgehead atoms. The van der Waals surface area contributed by atoms with Crippen LogP contribution in [0.5, 0.6) is 11.5 Å². The van der Waals surface area contributed by atoms with Gasteiger partial charge in [0.2, 0.25) is 10.0 Å². The SMILES string of the molecule is C[C@@H](NS(=O)(=O)c1ccc(Oc2ccccc2)cc1)[C@]1(C)NC(=O)NC1=O. The van der Waals surface area contributed by atoms with Crippen LogP contribution in [-0.4, -0.2) is 31.9 Å². The Hall–Kier alpha value is -2.91. The summed E-state index contributed by atoms with van der Waals surface area (Å²) in [5, 5.41) is 4.55. The molecule has 2 aromatic rings. The van der Waals surface area contributed by atoms with Crippen LogP contribution in [0.2, 0.25) is 0 Å². The third kappa shape index (κ3) is 3.93. The van der Waals surface area contributed by atoms with Gasteiger partial charge in [0.1, 0.15) is 17.0 Å². The first-order valence-electron chi connectivity index (χ1n) is 8.19. The number of nitrogens with one attached hydrogen (secondary N) is 3. The molecular formula is C18H19N3O5S. The van der Waals surface area contributed by atoms with Crippen LogP contribution in [0.25, 0.3) is 0 Å². The first-order valence-corrected chi connectivity index (χ1v) is 9.68. The Labute approximate surface area is 157 Å². The monoisotopic (exact) mass is 389 g/mol. The van der Waals surface area contributed by atoms with Crippen molar-refractivity contribution in [3.8, 4) is 11.5 Å². The summed E-state index contributed by atoms with van der Waals surface area (Å²) in [6.07, 6.45) is 0. The molecule has 8 nitrogen and oxygen atoms in total. The van der Waals surface area contributed by atoms with Gasteiger partial charge in [-0.05, 0) is 50.2 Å². The molecule has 1 fully saturated rings. The van der Waals surface area contributed by atoms with E-state index in [0.29, 0.717) is 11.5 Å². The van der Waals surface area contributed by atoms with Crippen LogP contribution >= 0.6 is 0 Å². The van der Waals surface area contributed by atoms with Crippen LogP contribution in [0.3, 0.4) is 0 Å². The zero-order valence-electron chi connectivity index (χ0n) is 14.7. The lowest BCUT2D eigenvalue weighted by Gasteiger charge is -2.28. The number of hydrogen-bond donors (Lipinski definition) is 3. The highest BCUT2D eigenvalue weighted by atomic mass is 32.2. The number of imide groups is 1. The molecule has 1 saturated heterocycles. The van der Waals surface area contributed by atoms with Crippen LogP contribution in [0, 0.1) is 0 Å². The zero-order valence-corrected chi connectivity index (χ0v) is 15.5. The number of benzene rings is 2.